The van der Waals surface area contributed by atoms with E-state index < -0.39 is 11.6 Å². The molecule has 116 valence electrons. The Kier molecular flexibility index (Phi) is 4.46. The Hall–Kier alpha value is -1.69. The summed E-state index contributed by atoms with van der Waals surface area (Å²) in [7, 11) is 0. The maximum atomic E-state index is 11.5. The van der Waals surface area contributed by atoms with Crippen molar-refractivity contribution in [1.29, 1.82) is 0 Å². The molecule has 2 heterocycles. The summed E-state index contributed by atoms with van der Waals surface area (Å²) in [5.41, 5.74) is -0.0866. The van der Waals surface area contributed by atoms with Crippen LogP contribution in [0, 0.1) is 0 Å². The first-order valence-corrected chi connectivity index (χ1v) is 7.38. The van der Waals surface area contributed by atoms with E-state index in [2.05, 4.69) is 9.97 Å². The van der Waals surface area contributed by atoms with E-state index in [9.17, 15) is 15.0 Å². The van der Waals surface area contributed by atoms with Crippen LogP contribution < -0.4 is 4.90 Å². The molecule has 0 aliphatic carbocycles. The van der Waals surface area contributed by atoms with Gasteiger partial charge in [-0.05, 0) is 26.2 Å². The van der Waals surface area contributed by atoms with Crippen LogP contribution in [0.25, 0.3) is 0 Å². The lowest BCUT2D eigenvalue weighted by Crippen LogP contribution is -2.30. The SMILES string of the molecule is CC(C)c1ncc(N2CCCC(C)(O)CC2)c(C(=O)O)n1. The molecule has 0 aromatic carbocycles. The van der Waals surface area contributed by atoms with E-state index >= 15 is 0 Å². The first-order valence-electron chi connectivity index (χ1n) is 7.38. The molecule has 6 nitrogen and oxygen atoms in total. The summed E-state index contributed by atoms with van der Waals surface area (Å²) in [5, 5.41) is 19.5. The molecule has 1 aromatic rings. The minimum atomic E-state index is -1.04. The van der Waals surface area contributed by atoms with Gasteiger partial charge >= 0.3 is 5.97 Å². The number of nitrogens with zero attached hydrogens (tertiary/aromatic N) is 3. The topological polar surface area (TPSA) is 86.5 Å². The fraction of sp³-hybridized carbons (Fsp3) is 0.667. The number of carboxylic acid groups (broad SMARTS) is 1. The van der Waals surface area contributed by atoms with Gasteiger partial charge < -0.3 is 15.1 Å². The monoisotopic (exact) mass is 293 g/mol. The van der Waals surface area contributed by atoms with E-state index in [1.165, 1.54) is 0 Å². The Morgan fingerprint density at radius 2 is 2.10 bits per heavy atom. The first-order chi connectivity index (χ1) is 9.80. The smallest absolute Gasteiger partial charge is 0.356 e. The molecule has 1 aliphatic rings. The first kappa shape index (κ1) is 15.7. The number of carboxylic acids is 1. The van der Waals surface area contributed by atoms with Gasteiger partial charge in [0.25, 0.3) is 0 Å². The standard InChI is InChI=1S/C15H23N3O3/c1-10(2)13-16-9-11(12(17-13)14(19)20)18-7-4-5-15(3,21)6-8-18/h9-10,21H,4-8H2,1-3H3,(H,19,20). The maximum absolute atomic E-state index is 11.5. The van der Waals surface area contributed by atoms with E-state index in [0.29, 0.717) is 31.0 Å². The largest absolute Gasteiger partial charge is 0.476 e. The molecule has 1 saturated heterocycles. The zero-order valence-corrected chi connectivity index (χ0v) is 12.8. The quantitative estimate of drug-likeness (QED) is 0.887. The van der Waals surface area contributed by atoms with Crippen LogP contribution in [0.1, 0.15) is 62.3 Å². The van der Waals surface area contributed by atoms with E-state index in [1.54, 1.807) is 6.20 Å². The molecule has 2 N–H and O–H groups in total. The molecule has 0 spiro atoms. The number of rotatable bonds is 3. The molecule has 0 bridgehead atoms. The lowest BCUT2D eigenvalue weighted by Gasteiger charge is -2.25. The highest BCUT2D eigenvalue weighted by molar-refractivity contribution is 5.92. The highest BCUT2D eigenvalue weighted by Gasteiger charge is 2.27. The van der Waals surface area contributed by atoms with Crippen molar-refractivity contribution in [3.63, 3.8) is 0 Å². The fourth-order valence-corrected chi connectivity index (χ4v) is 2.56. The third-order valence-electron chi connectivity index (χ3n) is 3.91. The predicted octanol–water partition coefficient (Wildman–Crippen LogP) is 2.04. The Labute approximate surface area is 124 Å². The van der Waals surface area contributed by atoms with Crippen LogP contribution in [0.4, 0.5) is 5.69 Å². The second-order valence-electron chi connectivity index (χ2n) is 6.26. The van der Waals surface area contributed by atoms with Crippen molar-refractivity contribution in [2.75, 3.05) is 18.0 Å². The van der Waals surface area contributed by atoms with Gasteiger partial charge in [-0.25, -0.2) is 14.8 Å². The number of anilines is 1. The van der Waals surface area contributed by atoms with Gasteiger partial charge in [0, 0.05) is 19.0 Å². The van der Waals surface area contributed by atoms with Crippen LogP contribution in [0.5, 0.6) is 0 Å². The van der Waals surface area contributed by atoms with E-state index in [-0.39, 0.29) is 11.6 Å². The maximum Gasteiger partial charge on any atom is 0.356 e. The lowest BCUT2D eigenvalue weighted by molar-refractivity contribution is 0.0481. The number of carbonyl (C=O) groups is 1. The van der Waals surface area contributed by atoms with Gasteiger partial charge in [0.05, 0.1) is 17.5 Å². The lowest BCUT2D eigenvalue weighted by atomic mass is 9.98. The van der Waals surface area contributed by atoms with Gasteiger partial charge in [0.1, 0.15) is 5.82 Å². The van der Waals surface area contributed by atoms with Crippen LogP contribution in [0.3, 0.4) is 0 Å². The summed E-state index contributed by atoms with van der Waals surface area (Å²) in [6.07, 6.45) is 3.75. The average molecular weight is 293 g/mol. The third-order valence-corrected chi connectivity index (χ3v) is 3.91. The molecule has 6 heteroatoms. The van der Waals surface area contributed by atoms with Crippen molar-refractivity contribution >= 4 is 11.7 Å². The van der Waals surface area contributed by atoms with Crippen molar-refractivity contribution in [3.8, 4) is 0 Å². The van der Waals surface area contributed by atoms with Gasteiger partial charge in [-0.15, -0.1) is 0 Å². The molecule has 1 atom stereocenters. The molecule has 1 aliphatic heterocycles. The summed E-state index contributed by atoms with van der Waals surface area (Å²) in [6.45, 7) is 7.01. The Morgan fingerprint density at radius 3 is 2.71 bits per heavy atom. The normalized spacial score (nSPS) is 23.2. The van der Waals surface area contributed by atoms with E-state index in [4.69, 9.17) is 0 Å². The number of aliphatic hydroxyl groups is 1. The zero-order chi connectivity index (χ0) is 15.6. The minimum Gasteiger partial charge on any atom is -0.476 e. The van der Waals surface area contributed by atoms with Crippen molar-refractivity contribution < 1.29 is 15.0 Å². The molecule has 0 amide bonds. The molecule has 2 rings (SSSR count). The van der Waals surface area contributed by atoms with Gasteiger partial charge in [-0.3, -0.25) is 0 Å². The predicted molar refractivity (Wildman–Crippen MR) is 79.8 cm³/mol. The van der Waals surface area contributed by atoms with Gasteiger partial charge in [0.15, 0.2) is 5.69 Å². The average Bonchev–Trinajstić information content (AvgIpc) is 2.59. The molecule has 1 fully saturated rings. The summed E-state index contributed by atoms with van der Waals surface area (Å²) in [5.74, 6) is -0.412. The molecular weight excluding hydrogens is 270 g/mol. The van der Waals surface area contributed by atoms with Crippen LogP contribution in [0.2, 0.25) is 0 Å². The van der Waals surface area contributed by atoms with E-state index in [1.807, 2.05) is 25.7 Å². The third kappa shape index (κ3) is 3.69. The van der Waals surface area contributed by atoms with Gasteiger partial charge in [-0.1, -0.05) is 13.8 Å². The molecule has 1 unspecified atom stereocenters. The van der Waals surface area contributed by atoms with Gasteiger partial charge in [0.2, 0.25) is 0 Å². The number of aromatic carboxylic acids is 1. The van der Waals surface area contributed by atoms with Crippen LogP contribution in [-0.2, 0) is 0 Å². The van der Waals surface area contributed by atoms with Crippen LogP contribution in [-0.4, -0.2) is 44.8 Å². The van der Waals surface area contributed by atoms with Crippen LogP contribution in [0.15, 0.2) is 6.20 Å². The van der Waals surface area contributed by atoms with Crippen molar-refractivity contribution in [2.24, 2.45) is 0 Å². The van der Waals surface area contributed by atoms with Gasteiger partial charge in [-0.2, -0.15) is 0 Å². The van der Waals surface area contributed by atoms with E-state index in [0.717, 1.165) is 12.8 Å². The minimum absolute atomic E-state index is 0.0512. The number of aromatic nitrogens is 2. The van der Waals surface area contributed by atoms with Crippen molar-refractivity contribution in [2.45, 2.75) is 51.6 Å². The van der Waals surface area contributed by atoms with Crippen molar-refractivity contribution in [1.82, 2.24) is 9.97 Å². The molecule has 21 heavy (non-hydrogen) atoms. The molecule has 0 saturated carbocycles. The highest BCUT2D eigenvalue weighted by atomic mass is 16.4. The molecular formula is C15H23N3O3. The zero-order valence-electron chi connectivity index (χ0n) is 12.8. The summed E-state index contributed by atoms with van der Waals surface area (Å²) in [4.78, 5) is 21.9. The second-order valence-corrected chi connectivity index (χ2v) is 6.26. The van der Waals surface area contributed by atoms with Crippen molar-refractivity contribution in [3.05, 3.63) is 17.7 Å². The summed E-state index contributed by atoms with van der Waals surface area (Å²) in [6, 6.07) is 0. The summed E-state index contributed by atoms with van der Waals surface area (Å²) >= 11 is 0. The second kappa shape index (κ2) is 5.97. The summed E-state index contributed by atoms with van der Waals surface area (Å²) < 4.78 is 0. The Morgan fingerprint density at radius 1 is 1.38 bits per heavy atom. The fourth-order valence-electron chi connectivity index (χ4n) is 2.56. The molecule has 0 radical (unpaired) electrons. The number of hydrogen-bond donors (Lipinski definition) is 2. The molecule has 1 aromatic heterocycles. The highest BCUT2D eigenvalue weighted by Crippen LogP contribution is 2.27. The Balaban J connectivity index is 2.32. The number of hydrogen-bond acceptors (Lipinski definition) is 5. The van der Waals surface area contributed by atoms with Crippen LogP contribution >= 0.6 is 0 Å². The Bertz CT molecular complexity index is 529.